The first-order valence-corrected chi connectivity index (χ1v) is 8.37. The Bertz CT molecular complexity index is 593. The molecule has 0 unspecified atom stereocenters. The Morgan fingerprint density at radius 1 is 1.45 bits per heavy atom. The molecule has 2 fully saturated rings. The molecule has 1 aliphatic carbocycles. The molecule has 0 radical (unpaired) electrons. The van der Waals surface area contributed by atoms with Gasteiger partial charge in [-0.1, -0.05) is 18.9 Å². The molecule has 1 aromatic heterocycles. The van der Waals surface area contributed by atoms with Gasteiger partial charge in [0.25, 0.3) is 5.91 Å². The summed E-state index contributed by atoms with van der Waals surface area (Å²) in [4.78, 5) is 38.7. The van der Waals surface area contributed by atoms with Crippen LogP contribution < -0.4 is 10.6 Å². The third-order valence-corrected chi connectivity index (χ3v) is 5.41. The average molecular weight is 321 g/mol. The van der Waals surface area contributed by atoms with Crippen molar-refractivity contribution < 1.29 is 14.4 Å². The molecule has 1 aliphatic heterocycles. The third-order valence-electron chi connectivity index (χ3n) is 4.35. The molecule has 1 aromatic rings. The number of urea groups is 1. The number of rotatable bonds is 4. The van der Waals surface area contributed by atoms with E-state index in [0.29, 0.717) is 12.8 Å². The summed E-state index contributed by atoms with van der Waals surface area (Å²) in [5.41, 5.74) is -0.753. The molecule has 22 heavy (non-hydrogen) atoms. The summed E-state index contributed by atoms with van der Waals surface area (Å²) in [5.74, 6) is -0.576. The molecule has 2 aliphatic rings. The lowest BCUT2D eigenvalue weighted by Crippen LogP contribution is -2.45. The molecule has 0 aromatic carbocycles. The van der Waals surface area contributed by atoms with E-state index in [4.69, 9.17) is 0 Å². The largest absolute Gasteiger partial charge is 0.347 e. The number of hydrogen-bond donors (Lipinski definition) is 2. The van der Waals surface area contributed by atoms with Crippen molar-refractivity contribution in [2.45, 2.75) is 44.2 Å². The maximum absolute atomic E-state index is 12.5. The van der Waals surface area contributed by atoms with E-state index in [1.165, 1.54) is 0 Å². The van der Waals surface area contributed by atoms with Crippen LogP contribution in [-0.2, 0) is 9.59 Å². The fraction of sp³-hybridized carbons (Fsp3) is 0.533. The molecular formula is C15H19N3O3S. The fourth-order valence-electron chi connectivity index (χ4n) is 3.18. The number of imide groups is 1. The van der Waals surface area contributed by atoms with E-state index in [9.17, 15) is 14.4 Å². The number of thiophene rings is 1. The Morgan fingerprint density at radius 2 is 2.18 bits per heavy atom. The van der Waals surface area contributed by atoms with Crippen LogP contribution in [0.3, 0.4) is 0 Å². The molecule has 118 valence electrons. The number of carbonyl (C=O) groups excluding carboxylic acids is 3. The van der Waals surface area contributed by atoms with Gasteiger partial charge in [0.1, 0.15) is 12.1 Å². The molecule has 7 heteroatoms. The highest BCUT2D eigenvalue weighted by atomic mass is 32.1. The van der Waals surface area contributed by atoms with Crippen LogP contribution in [0, 0.1) is 0 Å². The molecule has 1 saturated heterocycles. The molecule has 2 N–H and O–H groups in total. The topological polar surface area (TPSA) is 78.5 Å². The number of carbonyl (C=O) groups is 3. The van der Waals surface area contributed by atoms with Crippen LogP contribution >= 0.6 is 11.3 Å². The molecule has 1 saturated carbocycles. The maximum Gasteiger partial charge on any atom is 0.325 e. The second kappa shape index (κ2) is 5.72. The summed E-state index contributed by atoms with van der Waals surface area (Å²) in [7, 11) is 0. The van der Waals surface area contributed by atoms with Crippen molar-refractivity contribution in [3.63, 3.8) is 0 Å². The van der Waals surface area contributed by atoms with Gasteiger partial charge in [0.15, 0.2) is 0 Å². The van der Waals surface area contributed by atoms with Crippen molar-refractivity contribution in [3.05, 3.63) is 22.4 Å². The Kier molecular flexibility index (Phi) is 3.90. The summed E-state index contributed by atoms with van der Waals surface area (Å²) in [6, 6.07) is 3.28. The smallest absolute Gasteiger partial charge is 0.325 e. The number of nitrogens with one attached hydrogen (secondary N) is 2. The molecule has 0 bridgehead atoms. The highest BCUT2D eigenvalue weighted by molar-refractivity contribution is 7.10. The minimum Gasteiger partial charge on any atom is -0.347 e. The molecular weight excluding hydrogens is 302 g/mol. The van der Waals surface area contributed by atoms with Crippen LogP contribution in [0.2, 0.25) is 0 Å². The van der Waals surface area contributed by atoms with E-state index in [2.05, 4.69) is 10.6 Å². The zero-order valence-electron chi connectivity index (χ0n) is 12.4. The van der Waals surface area contributed by atoms with E-state index in [0.717, 1.165) is 22.6 Å². The summed E-state index contributed by atoms with van der Waals surface area (Å²) >= 11 is 1.56. The van der Waals surface area contributed by atoms with Crippen molar-refractivity contribution in [2.75, 3.05) is 6.54 Å². The summed E-state index contributed by atoms with van der Waals surface area (Å²) < 4.78 is 0. The molecule has 4 amide bonds. The highest BCUT2D eigenvalue weighted by Gasteiger charge is 2.52. The van der Waals surface area contributed by atoms with Crippen LogP contribution in [0.15, 0.2) is 17.5 Å². The Morgan fingerprint density at radius 3 is 2.82 bits per heavy atom. The van der Waals surface area contributed by atoms with Gasteiger partial charge in [-0.2, -0.15) is 0 Å². The van der Waals surface area contributed by atoms with Crippen molar-refractivity contribution in [1.29, 1.82) is 0 Å². The normalized spacial score (nSPS) is 21.2. The fourth-order valence-corrected chi connectivity index (χ4v) is 3.91. The summed E-state index contributed by atoms with van der Waals surface area (Å²) in [5, 5.41) is 7.55. The molecule has 3 rings (SSSR count). The van der Waals surface area contributed by atoms with E-state index in [-0.39, 0.29) is 24.4 Å². The first kappa shape index (κ1) is 15.0. The SMILES string of the molecule is C[C@H](NC(=O)CN1C(=O)NC2(CCCC2)C1=O)c1cccs1. The molecule has 1 spiro atoms. The Balaban J connectivity index is 1.62. The number of amides is 4. The van der Waals surface area contributed by atoms with E-state index >= 15 is 0 Å². The van der Waals surface area contributed by atoms with E-state index in [1.807, 2.05) is 24.4 Å². The lowest BCUT2D eigenvalue weighted by molar-refractivity contribution is -0.135. The quantitative estimate of drug-likeness (QED) is 0.830. The van der Waals surface area contributed by atoms with E-state index in [1.54, 1.807) is 11.3 Å². The van der Waals surface area contributed by atoms with Gasteiger partial charge in [0.05, 0.1) is 6.04 Å². The minimum atomic E-state index is -0.753. The van der Waals surface area contributed by atoms with Crippen molar-refractivity contribution in [2.24, 2.45) is 0 Å². The zero-order chi connectivity index (χ0) is 15.7. The predicted molar refractivity (Wildman–Crippen MR) is 82.3 cm³/mol. The summed E-state index contributed by atoms with van der Waals surface area (Å²) in [6.07, 6.45) is 3.20. The Labute approximate surface area is 132 Å². The van der Waals surface area contributed by atoms with Crippen LogP contribution in [0.4, 0.5) is 4.79 Å². The van der Waals surface area contributed by atoms with Gasteiger partial charge in [0, 0.05) is 4.88 Å². The third kappa shape index (κ3) is 2.61. The first-order valence-electron chi connectivity index (χ1n) is 7.49. The number of hydrogen-bond acceptors (Lipinski definition) is 4. The van der Waals surface area contributed by atoms with Gasteiger partial charge in [-0.05, 0) is 31.2 Å². The lowest BCUT2D eigenvalue weighted by atomic mass is 9.98. The van der Waals surface area contributed by atoms with Crippen molar-refractivity contribution in [1.82, 2.24) is 15.5 Å². The van der Waals surface area contributed by atoms with Gasteiger partial charge >= 0.3 is 6.03 Å². The Hall–Kier alpha value is -1.89. The summed E-state index contributed by atoms with van der Waals surface area (Å²) in [6.45, 7) is 1.66. The number of nitrogens with zero attached hydrogens (tertiary/aromatic N) is 1. The zero-order valence-corrected chi connectivity index (χ0v) is 13.2. The average Bonchev–Trinajstić information content (AvgIpc) is 3.18. The molecule has 2 heterocycles. The monoisotopic (exact) mass is 321 g/mol. The van der Waals surface area contributed by atoms with Gasteiger partial charge in [-0.25, -0.2) is 4.79 Å². The molecule has 1 atom stereocenters. The van der Waals surface area contributed by atoms with Crippen molar-refractivity contribution >= 4 is 29.2 Å². The van der Waals surface area contributed by atoms with Gasteiger partial charge in [-0.3, -0.25) is 14.5 Å². The highest BCUT2D eigenvalue weighted by Crippen LogP contribution is 2.34. The molecule has 6 nitrogen and oxygen atoms in total. The first-order chi connectivity index (χ1) is 10.5. The van der Waals surface area contributed by atoms with Crippen molar-refractivity contribution in [3.8, 4) is 0 Å². The maximum atomic E-state index is 12.5. The predicted octanol–water partition coefficient (Wildman–Crippen LogP) is 1.79. The second-order valence-corrected chi connectivity index (χ2v) is 6.89. The lowest BCUT2D eigenvalue weighted by Gasteiger charge is -2.20. The van der Waals surface area contributed by atoms with E-state index < -0.39 is 11.6 Å². The standard InChI is InChI=1S/C15H19N3O3S/c1-10(11-5-4-8-22-11)16-12(19)9-18-13(20)15(17-14(18)21)6-2-3-7-15/h4-5,8,10H,2-3,6-7,9H2,1H3,(H,16,19)(H,17,21)/t10-/m0/s1. The van der Waals surface area contributed by atoms with Crippen LogP contribution in [-0.4, -0.2) is 34.8 Å². The minimum absolute atomic E-state index is 0.131. The van der Waals surface area contributed by atoms with Crippen LogP contribution in [0.5, 0.6) is 0 Å². The second-order valence-electron chi connectivity index (χ2n) is 5.92. The van der Waals surface area contributed by atoms with Gasteiger partial charge in [-0.15, -0.1) is 11.3 Å². The van der Waals surface area contributed by atoms with Gasteiger partial charge in [0.2, 0.25) is 5.91 Å². The van der Waals surface area contributed by atoms with Crippen LogP contribution in [0.1, 0.15) is 43.5 Å². The van der Waals surface area contributed by atoms with Gasteiger partial charge < -0.3 is 10.6 Å². The van der Waals surface area contributed by atoms with Crippen LogP contribution in [0.25, 0.3) is 0 Å².